The molecule has 0 saturated heterocycles. The van der Waals surface area contributed by atoms with Crippen molar-refractivity contribution in [1.29, 1.82) is 0 Å². The molecule has 1 amide bonds. The first-order valence-electron chi connectivity index (χ1n) is 8.40. The summed E-state index contributed by atoms with van der Waals surface area (Å²) in [6, 6.07) is 10.6. The summed E-state index contributed by atoms with van der Waals surface area (Å²) in [5.41, 5.74) is 0.365. The van der Waals surface area contributed by atoms with E-state index in [0.717, 1.165) is 0 Å². The van der Waals surface area contributed by atoms with Crippen molar-refractivity contribution >= 4 is 39.1 Å². The van der Waals surface area contributed by atoms with Crippen LogP contribution in [0.3, 0.4) is 0 Å². The normalized spacial score (nSPS) is 11.1. The lowest BCUT2D eigenvalue weighted by molar-refractivity contribution is 0.0951. The molecule has 150 valence electrons. The van der Waals surface area contributed by atoms with Crippen LogP contribution in [0.25, 0.3) is 0 Å². The average molecular weight is 443 g/mol. The van der Waals surface area contributed by atoms with E-state index in [2.05, 4.69) is 16.6 Å². The second-order valence-electron chi connectivity index (χ2n) is 5.70. The molecular weight excluding hydrogens is 423 g/mol. The highest BCUT2D eigenvalue weighted by molar-refractivity contribution is 7.89. The fourth-order valence-electron chi connectivity index (χ4n) is 2.19. The van der Waals surface area contributed by atoms with Gasteiger partial charge in [0.15, 0.2) is 0 Å². The minimum atomic E-state index is -3.61. The van der Waals surface area contributed by atoms with Gasteiger partial charge in [-0.3, -0.25) is 4.79 Å². The lowest BCUT2D eigenvalue weighted by Crippen LogP contribution is -2.26. The van der Waals surface area contributed by atoms with Crippen LogP contribution >= 0.6 is 23.2 Å². The van der Waals surface area contributed by atoms with E-state index >= 15 is 0 Å². The molecule has 0 radical (unpaired) electrons. The molecule has 0 unspecified atom stereocenters. The van der Waals surface area contributed by atoms with Gasteiger partial charge >= 0.3 is 0 Å². The molecule has 0 aliphatic rings. The lowest BCUT2D eigenvalue weighted by Gasteiger charge is -2.09. The zero-order valence-electron chi connectivity index (χ0n) is 15.0. The number of hydrogen-bond donors (Lipinski definition) is 2. The van der Waals surface area contributed by atoms with Crippen LogP contribution in [0.15, 0.2) is 60.0 Å². The zero-order chi connectivity index (χ0) is 20.6. The molecule has 2 aromatic rings. The molecule has 0 spiro atoms. The van der Waals surface area contributed by atoms with Gasteiger partial charge in [-0.05, 0) is 48.9 Å². The summed E-state index contributed by atoms with van der Waals surface area (Å²) in [7, 11) is -3.61. The van der Waals surface area contributed by atoms with E-state index in [9.17, 15) is 13.2 Å². The first-order valence-corrected chi connectivity index (χ1v) is 10.6. The topological polar surface area (TPSA) is 84.5 Å². The van der Waals surface area contributed by atoms with Crippen molar-refractivity contribution in [3.05, 3.63) is 70.7 Å². The largest absolute Gasteiger partial charge is 0.492 e. The Bertz CT molecular complexity index is 931. The Morgan fingerprint density at radius 3 is 2.50 bits per heavy atom. The molecule has 2 rings (SSSR count). The minimum absolute atomic E-state index is 0.0825. The number of nitrogens with one attached hydrogen (secondary N) is 2. The summed E-state index contributed by atoms with van der Waals surface area (Å²) in [4.78, 5) is 12.2. The molecule has 28 heavy (non-hydrogen) atoms. The van der Waals surface area contributed by atoms with Crippen molar-refractivity contribution < 1.29 is 17.9 Å². The predicted octanol–water partition coefficient (Wildman–Crippen LogP) is 3.66. The van der Waals surface area contributed by atoms with Crippen LogP contribution < -0.4 is 14.8 Å². The first-order chi connectivity index (χ1) is 13.3. The van der Waals surface area contributed by atoms with Gasteiger partial charge in [-0.1, -0.05) is 29.3 Å². The summed E-state index contributed by atoms with van der Waals surface area (Å²) in [5.74, 6) is 0.228. The molecule has 0 aromatic heterocycles. The van der Waals surface area contributed by atoms with Crippen LogP contribution in [-0.2, 0) is 10.0 Å². The van der Waals surface area contributed by atoms with Crippen LogP contribution in [0.2, 0.25) is 10.0 Å². The van der Waals surface area contributed by atoms with Crippen molar-refractivity contribution in [1.82, 2.24) is 10.0 Å². The third kappa shape index (κ3) is 6.53. The van der Waals surface area contributed by atoms with Gasteiger partial charge in [0.1, 0.15) is 5.75 Å². The number of amides is 1. The van der Waals surface area contributed by atoms with E-state index in [-0.39, 0.29) is 17.3 Å². The van der Waals surface area contributed by atoms with Gasteiger partial charge in [-0.25, -0.2) is 13.1 Å². The number of rotatable bonds is 10. The van der Waals surface area contributed by atoms with Gasteiger partial charge in [-0.2, -0.15) is 0 Å². The van der Waals surface area contributed by atoms with Crippen molar-refractivity contribution in [3.8, 4) is 5.75 Å². The smallest absolute Gasteiger partial charge is 0.251 e. The van der Waals surface area contributed by atoms with Crippen molar-refractivity contribution in [2.45, 2.75) is 11.3 Å². The van der Waals surface area contributed by atoms with Crippen LogP contribution in [0, 0.1) is 0 Å². The second-order valence-corrected chi connectivity index (χ2v) is 8.31. The second kappa shape index (κ2) is 10.5. The predicted molar refractivity (Wildman–Crippen MR) is 111 cm³/mol. The molecule has 0 saturated carbocycles. The van der Waals surface area contributed by atoms with Gasteiger partial charge in [-0.15, -0.1) is 6.58 Å². The van der Waals surface area contributed by atoms with Gasteiger partial charge in [0.25, 0.3) is 5.91 Å². The maximum Gasteiger partial charge on any atom is 0.251 e. The van der Waals surface area contributed by atoms with Crippen molar-refractivity contribution in [2.75, 3.05) is 19.7 Å². The highest BCUT2D eigenvalue weighted by Gasteiger charge is 2.13. The molecule has 2 N–H and O–H groups in total. The van der Waals surface area contributed by atoms with Gasteiger partial charge < -0.3 is 10.1 Å². The van der Waals surface area contributed by atoms with E-state index < -0.39 is 10.0 Å². The third-order valence-corrected chi connectivity index (χ3v) is 5.57. The fraction of sp³-hybridized carbons (Fsp3) is 0.211. The summed E-state index contributed by atoms with van der Waals surface area (Å²) in [5, 5.41) is 3.70. The number of hydrogen-bond acceptors (Lipinski definition) is 4. The highest BCUT2D eigenvalue weighted by Crippen LogP contribution is 2.27. The maximum atomic E-state index is 12.1. The summed E-state index contributed by atoms with van der Waals surface area (Å²) in [6.45, 7) is 4.36. The van der Waals surface area contributed by atoms with E-state index in [1.54, 1.807) is 18.2 Å². The molecular formula is C19H20Cl2N2O4S. The lowest BCUT2D eigenvalue weighted by atomic mass is 10.2. The maximum absolute atomic E-state index is 12.1. The van der Waals surface area contributed by atoms with E-state index in [0.29, 0.717) is 40.9 Å². The number of carbonyl (C=O) groups is 1. The monoisotopic (exact) mass is 442 g/mol. The molecule has 6 nitrogen and oxygen atoms in total. The molecule has 0 fully saturated rings. The number of benzene rings is 2. The molecule has 0 aliphatic carbocycles. The Labute approximate surface area is 174 Å². The summed E-state index contributed by atoms with van der Waals surface area (Å²) in [6.07, 6.45) is 2.02. The van der Waals surface area contributed by atoms with Crippen LogP contribution in [0.4, 0.5) is 0 Å². The van der Waals surface area contributed by atoms with Crippen molar-refractivity contribution in [2.24, 2.45) is 0 Å². The Kier molecular flexibility index (Phi) is 8.32. The number of ether oxygens (including phenoxy) is 1. The molecule has 0 atom stereocenters. The fourth-order valence-corrected chi connectivity index (χ4v) is 3.65. The van der Waals surface area contributed by atoms with E-state index in [1.807, 2.05) is 0 Å². The Morgan fingerprint density at radius 2 is 1.86 bits per heavy atom. The molecule has 0 aliphatic heterocycles. The molecule has 2 aromatic carbocycles. The number of halogens is 2. The van der Waals surface area contributed by atoms with Crippen LogP contribution in [0.5, 0.6) is 5.75 Å². The summed E-state index contributed by atoms with van der Waals surface area (Å²) < 4.78 is 31.9. The van der Waals surface area contributed by atoms with E-state index in [4.69, 9.17) is 27.9 Å². The molecule has 9 heteroatoms. The van der Waals surface area contributed by atoms with Crippen LogP contribution in [0.1, 0.15) is 16.8 Å². The van der Waals surface area contributed by atoms with Gasteiger partial charge in [0, 0.05) is 23.7 Å². The summed E-state index contributed by atoms with van der Waals surface area (Å²) >= 11 is 11.8. The number of carbonyl (C=O) groups excluding carboxylic acids is 1. The first kappa shape index (κ1) is 22.2. The van der Waals surface area contributed by atoms with Crippen molar-refractivity contribution in [3.63, 3.8) is 0 Å². The van der Waals surface area contributed by atoms with Crippen LogP contribution in [-0.4, -0.2) is 34.0 Å². The Morgan fingerprint density at radius 1 is 1.14 bits per heavy atom. The van der Waals surface area contributed by atoms with E-state index in [1.165, 1.54) is 30.3 Å². The molecule has 0 bridgehead atoms. The Balaban J connectivity index is 1.79. The highest BCUT2D eigenvalue weighted by atomic mass is 35.5. The third-order valence-electron chi connectivity index (χ3n) is 3.60. The minimum Gasteiger partial charge on any atom is -0.492 e. The average Bonchev–Trinajstić information content (AvgIpc) is 2.67. The number of sulfonamides is 1. The molecule has 0 heterocycles. The quantitative estimate of drug-likeness (QED) is 0.434. The zero-order valence-corrected chi connectivity index (χ0v) is 17.3. The SMILES string of the molecule is C=CCNS(=O)(=O)c1ccc(C(=O)NCCCOc2ccc(Cl)cc2Cl)cc1. The Hall–Kier alpha value is -2.06. The standard InChI is InChI=1S/C19H20Cl2N2O4S/c1-2-10-23-28(25,26)16-7-4-14(5-8-16)19(24)22-11-3-12-27-18-9-6-15(20)13-17(18)21/h2,4-9,13,23H,1,3,10-12H2,(H,22,24). The van der Waals surface area contributed by atoms with Gasteiger partial charge in [0.05, 0.1) is 16.5 Å². The van der Waals surface area contributed by atoms with Gasteiger partial charge in [0.2, 0.25) is 10.0 Å².